The second kappa shape index (κ2) is 7.32. The molecule has 0 unspecified atom stereocenters. The van der Waals surface area contributed by atoms with Crippen molar-refractivity contribution in [2.75, 3.05) is 11.1 Å². The van der Waals surface area contributed by atoms with E-state index in [1.54, 1.807) is 6.92 Å². The van der Waals surface area contributed by atoms with Crippen LogP contribution < -0.4 is 10.6 Å². The van der Waals surface area contributed by atoms with E-state index in [0.29, 0.717) is 11.6 Å². The van der Waals surface area contributed by atoms with Crippen LogP contribution in [0.15, 0.2) is 23.2 Å². The van der Waals surface area contributed by atoms with Gasteiger partial charge in [0.05, 0.1) is 16.0 Å². The van der Waals surface area contributed by atoms with Crippen LogP contribution in [-0.4, -0.2) is 33.6 Å². The number of amidine groups is 1. The van der Waals surface area contributed by atoms with Gasteiger partial charge in [0, 0.05) is 0 Å². The van der Waals surface area contributed by atoms with Crippen molar-refractivity contribution in [1.82, 2.24) is 10.3 Å². The van der Waals surface area contributed by atoms with Crippen LogP contribution in [0.4, 0.5) is 5.13 Å². The minimum absolute atomic E-state index is 0.0259. The second-order valence-electron chi connectivity index (χ2n) is 5.53. The van der Waals surface area contributed by atoms with Crippen LogP contribution in [0.1, 0.15) is 18.9 Å². The standard InChI is InChI=1S/C16H16N4O3S2/c1-3-9-13(22)19-15(20-14(9)23)24-7-12(21)18-16-17-10-5-4-8(2)6-11(10)25-16/h4-6,9H,3,7H2,1-2H3,(H,17,18,21)(H,19,20,22,23). The fraction of sp³-hybridized carbons (Fsp3) is 0.312. The number of fused-ring (bicyclic) bond motifs is 1. The zero-order valence-electron chi connectivity index (χ0n) is 13.7. The minimum Gasteiger partial charge on any atom is -0.304 e. The molecule has 1 aliphatic rings. The molecule has 3 amide bonds. The second-order valence-corrected chi connectivity index (χ2v) is 7.53. The molecule has 0 spiro atoms. The third kappa shape index (κ3) is 4.05. The first-order valence-corrected chi connectivity index (χ1v) is 9.49. The van der Waals surface area contributed by atoms with Crippen LogP contribution in [0.25, 0.3) is 10.2 Å². The normalized spacial score (nSPS) is 17.4. The molecule has 2 N–H and O–H groups in total. The molecule has 0 radical (unpaired) electrons. The quantitative estimate of drug-likeness (QED) is 0.798. The first-order valence-electron chi connectivity index (χ1n) is 7.69. The Balaban J connectivity index is 1.59. The van der Waals surface area contributed by atoms with E-state index in [1.807, 2.05) is 25.1 Å². The van der Waals surface area contributed by atoms with Gasteiger partial charge in [0.15, 0.2) is 10.3 Å². The Morgan fingerprint density at radius 1 is 1.40 bits per heavy atom. The predicted molar refractivity (Wildman–Crippen MR) is 99.8 cm³/mol. The Kier molecular flexibility index (Phi) is 5.14. The molecule has 1 aromatic heterocycles. The van der Waals surface area contributed by atoms with E-state index in [-0.39, 0.29) is 22.7 Å². The smallest absolute Gasteiger partial charge is 0.260 e. The first kappa shape index (κ1) is 17.6. The number of carbonyl (C=O) groups is 3. The van der Waals surface area contributed by atoms with Gasteiger partial charge in [-0.1, -0.05) is 36.1 Å². The Hall–Kier alpha value is -2.26. The van der Waals surface area contributed by atoms with Gasteiger partial charge in [0.25, 0.3) is 5.91 Å². The molecule has 1 atom stereocenters. The summed E-state index contributed by atoms with van der Waals surface area (Å²) in [5, 5.41) is 5.96. The number of aliphatic imine (C=N–C) groups is 1. The molecule has 0 bridgehead atoms. The van der Waals surface area contributed by atoms with Crippen molar-refractivity contribution in [2.24, 2.45) is 10.9 Å². The largest absolute Gasteiger partial charge is 0.304 e. The average molecular weight is 376 g/mol. The third-order valence-electron chi connectivity index (χ3n) is 3.59. The number of amides is 3. The van der Waals surface area contributed by atoms with Crippen LogP contribution in [0.2, 0.25) is 0 Å². The zero-order chi connectivity index (χ0) is 18.0. The van der Waals surface area contributed by atoms with Gasteiger partial charge in [-0.3, -0.25) is 14.4 Å². The van der Waals surface area contributed by atoms with Crippen molar-refractivity contribution in [3.63, 3.8) is 0 Å². The van der Waals surface area contributed by atoms with Crippen LogP contribution in [0, 0.1) is 12.8 Å². The lowest BCUT2D eigenvalue weighted by atomic mass is 10.0. The molecule has 0 saturated heterocycles. The van der Waals surface area contributed by atoms with E-state index >= 15 is 0 Å². The molecule has 25 heavy (non-hydrogen) atoms. The van der Waals surface area contributed by atoms with E-state index in [0.717, 1.165) is 27.5 Å². The summed E-state index contributed by atoms with van der Waals surface area (Å²) in [4.78, 5) is 43.8. The maximum absolute atomic E-state index is 12.1. The number of nitrogens with zero attached hydrogens (tertiary/aromatic N) is 2. The molecule has 1 aliphatic heterocycles. The van der Waals surface area contributed by atoms with Gasteiger partial charge in [0.2, 0.25) is 11.8 Å². The number of rotatable bonds is 4. The lowest BCUT2D eigenvalue weighted by Crippen LogP contribution is -2.42. The zero-order valence-corrected chi connectivity index (χ0v) is 15.3. The highest BCUT2D eigenvalue weighted by molar-refractivity contribution is 8.14. The fourth-order valence-corrected chi connectivity index (χ4v) is 3.96. The van der Waals surface area contributed by atoms with Crippen molar-refractivity contribution in [3.05, 3.63) is 23.8 Å². The number of thiazole rings is 1. The minimum atomic E-state index is -0.732. The van der Waals surface area contributed by atoms with E-state index in [2.05, 4.69) is 20.6 Å². The van der Waals surface area contributed by atoms with E-state index in [1.165, 1.54) is 11.3 Å². The maximum Gasteiger partial charge on any atom is 0.260 e. The lowest BCUT2D eigenvalue weighted by molar-refractivity contribution is -0.133. The van der Waals surface area contributed by atoms with Gasteiger partial charge in [-0.25, -0.2) is 4.98 Å². The molecule has 3 rings (SSSR count). The molecule has 0 fully saturated rings. The van der Waals surface area contributed by atoms with E-state index in [9.17, 15) is 14.4 Å². The average Bonchev–Trinajstić information content (AvgIpc) is 2.94. The summed E-state index contributed by atoms with van der Waals surface area (Å²) in [6.45, 7) is 3.75. The fourth-order valence-electron chi connectivity index (χ4n) is 2.31. The van der Waals surface area contributed by atoms with Gasteiger partial charge < -0.3 is 10.6 Å². The van der Waals surface area contributed by atoms with Gasteiger partial charge >= 0.3 is 0 Å². The molecule has 2 heterocycles. The predicted octanol–water partition coefficient (Wildman–Crippen LogP) is 2.32. The van der Waals surface area contributed by atoms with E-state index < -0.39 is 11.8 Å². The van der Waals surface area contributed by atoms with E-state index in [4.69, 9.17) is 0 Å². The summed E-state index contributed by atoms with van der Waals surface area (Å²) >= 11 is 2.41. The Morgan fingerprint density at radius 3 is 2.92 bits per heavy atom. The highest BCUT2D eigenvalue weighted by Crippen LogP contribution is 2.26. The first-order chi connectivity index (χ1) is 12.0. The highest BCUT2D eigenvalue weighted by atomic mass is 32.2. The SMILES string of the molecule is CC[C@H]1C(=O)N=C(SCC(=O)Nc2nc3ccc(C)cc3s2)NC1=O. The van der Waals surface area contributed by atoms with Crippen LogP contribution in [0.3, 0.4) is 0 Å². The number of nitrogens with one attached hydrogen (secondary N) is 2. The summed E-state index contributed by atoms with van der Waals surface area (Å²) in [6.07, 6.45) is 0.406. The molecule has 2 aromatic rings. The molecule has 130 valence electrons. The molecule has 0 aliphatic carbocycles. The van der Waals surface area contributed by atoms with Crippen molar-refractivity contribution in [1.29, 1.82) is 0 Å². The number of hydrogen-bond acceptors (Lipinski definition) is 6. The lowest BCUT2D eigenvalue weighted by Gasteiger charge is -2.17. The summed E-state index contributed by atoms with van der Waals surface area (Å²) in [7, 11) is 0. The molecule has 1 aromatic carbocycles. The topological polar surface area (TPSA) is 101 Å². The summed E-state index contributed by atoms with van der Waals surface area (Å²) in [5.74, 6) is -1.81. The molecule has 9 heteroatoms. The van der Waals surface area contributed by atoms with Crippen molar-refractivity contribution >= 4 is 61.3 Å². The summed E-state index contributed by atoms with van der Waals surface area (Å²) in [5.41, 5.74) is 1.96. The Morgan fingerprint density at radius 2 is 2.20 bits per heavy atom. The number of aromatic nitrogens is 1. The van der Waals surface area contributed by atoms with Gasteiger partial charge in [-0.15, -0.1) is 0 Å². The van der Waals surface area contributed by atoms with Gasteiger partial charge in [0.1, 0.15) is 5.92 Å². The van der Waals surface area contributed by atoms with Crippen LogP contribution in [-0.2, 0) is 14.4 Å². The monoisotopic (exact) mass is 376 g/mol. The number of aryl methyl sites for hydroxylation is 1. The number of hydrogen-bond donors (Lipinski definition) is 2. The molecular weight excluding hydrogens is 360 g/mol. The number of thioether (sulfide) groups is 1. The van der Waals surface area contributed by atoms with Crippen LogP contribution in [0.5, 0.6) is 0 Å². The maximum atomic E-state index is 12.1. The Labute approximate surface area is 152 Å². The van der Waals surface area contributed by atoms with Crippen molar-refractivity contribution < 1.29 is 14.4 Å². The Bertz CT molecular complexity index is 891. The van der Waals surface area contributed by atoms with Crippen molar-refractivity contribution in [3.8, 4) is 0 Å². The van der Waals surface area contributed by atoms with Crippen molar-refractivity contribution in [2.45, 2.75) is 20.3 Å². The molecule has 0 saturated carbocycles. The number of anilines is 1. The third-order valence-corrected chi connectivity index (χ3v) is 5.40. The summed E-state index contributed by atoms with van der Waals surface area (Å²) < 4.78 is 1.00. The molecular formula is C16H16N4O3S2. The molecule has 7 nitrogen and oxygen atoms in total. The number of carbonyl (C=O) groups excluding carboxylic acids is 3. The van der Waals surface area contributed by atoms with Gasteiger partial charge in [-0.2, -0.15) is 4.99 Å². The van der Waals surface area contributed by atoms with Gasteiger partial charge in [-0.05, 0) is 31.0 Å². The number of benzene rings is 1. The highest BCUT2D eigenvalue weighted by Gasteiger charge is 2.30. The van der Waals surface area contributed by atoms with Crippen LogP contribution >= 0.6 is 23.1 Å². The summed E-state index contributed by atoms with van der Waals surface area (Å²) in [6, 6.07) is 5.89.